The third kappa shape index (κ3) is 4.19. The molecule has 0 saturated carbocycles. The van der Waals surface area contributed by atoms with Gasteiger partial charge in [0.15, 0.2) is 11.5 Å². The van der Waals surface area contributed by atoms with Crippen molar-refractivity contribution < 1.29 is 14.6 Å². The summed E-state index contributed by atoms with van der Waals surface area (Å²) in [6.45, 7) is 4.53. The van der Waals surface area contributed by atoms with Gasteiger partial charge in [-0.05, 0) is 54.3 Å². The van der Waals surface area contributed by atoms with Crippen LogP contribution in [0.5, 0.6) is 11.5 Å². The minimum Gasteiger partial charge on any atom is -0.493 e. The summed E-state index contributed by atoms with van der Waals surface area (Å²) in [5, 5.41) is 9.13. The SMILES string of the molecule is COc1ccc(-c2cc(=O)n3cc(C4=CCN(CCO)CC4)cc(C)c3n2)cc1OC. The maximum absolute atomic E-state index is 13.0. The zero-order chi connectivity index (χ0) is 22.0. The van der Waals surface area contributed by atoms with Gasteiger partial charge >= 0.3 is 0 Å². The highest BCUT2D eigenvalue weighted by Crippen LogP contribution is 2.32. The number of β-amino-alcohol motifs (C(OH)–C–C–N with tert-alkyl or cyclic N) is 1. The lowest BCUT2D eigenvalue weighted by Crippen LogP contribution is -2.31. The number of benzene rings is 1. The summed E-state index contributed by atoms with van der Waals surface area (Å²) in [5.74, 6) is 1.22. The molecule has 1 aliphatic rings. The summed E-state index contributed by atoms with van der Waals surface area (Å²) in [6, 6.07) is 9.15. The quantitative estimate of drug-likeness (QED) is 0.660. The standard InChI is InChI=1S/C24H27N3O4/c1-16-12-19(17-6-8-26(9-7-17)10-11-28)15-27-23(29)14-20(25-24(16)27)18-4-5-21(30-2)22(13-18)31-3/h4-6,12-15,28H,7-11H2,1-3H3. The van der Waals surface area contributed by atoms with Gasteiger partial charge in [-0.25, -0.2) is 4.98 Å². The number of aryl methyl sites for hydroxylation is 1. The third-order valence-corrected chi connectivity index (χ3v) is 5.70. The second-order valence-electron chi connectivity index (χ2n) is 7.66. The Morgan fingerprint density at radius 1 is 1.10 bits per heavy atom. The number of nitrogens with zero attached hydrogens (tertiary/aromatic N) is 3. The van der Waals surface area contributed by atoms with E-state index in [2.05, 4.69) is 17.0 Å². The van der Waals surface area contributed by atoms with Crippen LogP contribution < -0.4 is 15.0 Å². The molecule has 0 fully saturated rings. The van der Waals surface area contributed by atoms with Gasteiger partial charge in [-0.3, -0.25) is 14.1 Å². The van der Waals surface area contributed by atoms with Crippen LogP contribution in [0.1, 0.15) is 17.5 Å². The van der Waals surface area contributed by atoms with E-state index in [4.69, 9.17) is 19.6 Å². The van der Waals surface area contributed by atoms with Gasteiger partial charge in [-0.2, -0.15) is 0 Å². The lowest BCUT2D eigenvalue weighted by Gasteiger charge is -2.25. The van der Waals surface area contributed by atoms with Crippen molar-refractivity contribution in [3.05, 3.63) is 64.1 Å². The number of aromatic nitrogens is 2. The van der Waals surface area contributed by atoms with Gasteiger partial charge in [-0.1, -0.05) is 6.08 Å². The van der Waals surface area contributed by atoms with Crippen LogP contribution in [0.3, 0.4) is 0 Å². The highest BCUT2D eigenvalue weighted by Gasteiger charge is 2.15. The molecule has 0 atom stereocenters. The van der Waals surface area contributed by atoms with Gasteiger partial charge in [0.2, 0.25) is 0 Å². The Bertz CT molecular complexity index is 1200. The van der Waals surface area contributed by atoms with E-state index in [1.165, 1.54) is 5.57 Å². The average molecular weight is 421 g/mol. The fourth-order valence-electron chi connectivity index (χ4n) is 4.01. The second-order valence-corrected chi connectivity index (χ2v) is 7.66. The van der Waals surface area contributed by atoms with E-state index in [1.807, 2.05) is 31.3 Å². The lowest BCUT2D eigenvalue weighted by atomic mass is 9.99. The van der Waals surface area contributed by atoms with Crippen molar-refractivity contribution in [2.45, 2.75) is 13.3 Å². The Balaban J connectivity index is 1.74. The van der Waals surface area contributed by atoms with Crippen LogP contribution in [0, 0.1) is 6.92 Å². The van der Waals surface area contributed by atoms with Gasteiger partial charge in [0, 0.05) is 37.5 Å². The number of fused-ring (bicyclic) bond motifs is 1. The third-order valence-electron chi connectivity index (χ3n) is 5.70. The number of ether oxygens (including phenoxy) is 2. The molecule has 1 N–H and O–H groups in total. The highest BCUT2D eigenvalue weighted by atomic mass is 16.5. The molecule has 0 bridgehead atoms. The molecular formula is C24H27N3O4. The molecule has 4 rings (SSSR count). The fourth-order valence-corrected chi connectivity index (χ4v) is 4.01. The normalized spacial score (nSPS) is 14.5. The zero-order valence-electron chi connectivity index (χ0n) is 18.1. The number of hydrogen-bond acceptors (Lipinski definition) is 6. The summed E-state index contributed by atoms with van der Waals surface area (Å²) in [5.41, 5.74) is 5.09. The maximum atomic E-state index is 13.0. The molecule has 1 aliphatic heterocycles. The summed E-state index contributed by atoms with van der Waals surface area (Å²) in [7, 11) is 3.17. The van der Waals surface area contributed by atoms with Crippen molar-refractivity contribution >= 4 is 11.2 Å². The first kappa shape index (κ1) is 21.1. The summed E-state index contributed by atoms with van der Waals surface area (Å²) in [4.78, 5) is 20.0. The van der Waals surface area contributed by atoms with E-state index >= 15 is 0 Å². The minimum atomic E-state index is -0.127. The molecule has 0 unspecified atom stereocenters. The second kappa shape index (κ2) is 8.91. The highest BCUT2D eigenvalue weighted by molar-refractivity contribution is 5.70. The number of aliphatic hydroxyl groups is 1. The Morgan fingerprint density at radius 3 is 2.58 bits per heavy atom. The minimum absolute atomic E-state index is 0.127. The van der Waals surface area contributed by atoms with Crippen LogP contribution in [-0.2, 0) is 0 Å². The van der Waals surface area contributed by atoms with E-state index in [1.54, 1.807) is 24.7 Å². The van der Waals surface area contributed by atoms with Crippen LogP contribution in [0.4, 0.5) is 0 Å². The topological polar surface area (TPSA) is 76.3 Å². The Hall–Kier alpha value is -3.16. The molecule has 31 heavy (non-hydrogen) atoms. The Labute approximate surface area is 181 Å². The molecule has 0 radical (unpaired) electrons. The number of methoxy groups -OCH3 is 2. The molecule has 7 nitrogen and oxygen atoms in total. The molecule has 0 amide bonds. The number of rotatable bonds is 6. The van der Waals surface area contributed by atoms with E-state index in [-0.39, 0.29) is 12.2 Å². The predicted octanol–water partition coefficient (Wildman–Crippen LogP) is 2.77. The Morgan fingerprint density at radius 2 is 1.90 bits per heavy atom. The van der Waals surface area contributed by atoms with Crippen LogP contribution in [0.2, 0.25) is 0 Å². The van der Waals surface area contributed by atoms with E-state index in [0.29, 0.717) is 29.4 Å². The first-order chi connectivity index (χ1) is 15.0. The largest absolute Gasteiger partial charge is 0.493 e. The van der Waals surface area contributed by atoms with Gasteiger partial charge in [-0.15, -0.1) is 0 Å². The first-order valence-electron chi connectivity index (χ1n) is 10.3. The number of aliphatic hydroxyl groups excluding tert-OH is 1. The molecule has 3 aromatic rings. The van der Waals surface area contributed by atoms with Crippen molar-refractivity contribution in [1.82, 2.24) is 14.3 Å². The molecule has 162 valence electrons. The van der Waals surface area contributed by atoms with Gasteiger partial charge < -0.3 is 14.6 Å². The smallest absolute Gasteiger partial charge is 0.258 e. The molecule has 1 aromatic carbocycles. The Kier molecular flexibility index (Phi) is 6.06. The molecular weight excluding hydrogens is 394 g/mol. The molecule has 2 aromatic heterocycles. The van der Waals surface area contributed by atoms with Crippen molar-refractivity contribution in [2.75, 3.05) is 40.5 Å². The monoisotopic (exact) mass is 421 g/mol. The van der Waals surface area contributed by atoms with E-state index in [9.17, 15) is 4.79 Å². The molecule has 0 aliphatic carbocycles. The molecule has 0 spiro atoms. The van der Waals surface area contributed by atoms with Crippen LogP contribution in [0.25, 0.3) is 22.5 Å². The lowest BCUT2D eigenvalue weighted by molar-refractivity contribution is 0.208. The van der Waals surface area contributed by atoms with Gasteiger partial charge in [0.1, 0.15) is 5.65 Å². The van der Waals surface area contributed by atoms with E-state index < -0.39 is 0 Å². The van der Waals surface area contributed by atoms with Crippen molar-refractivity contribution in [3.8, 4) is 22.8 Å². The molecule has 3 heterocycles. The maximum Gasteiger partial charge on any atom is 0.258 e. The zero-order valence-corrected chi connectivity index (χ0v) is 18.1. The fraction of sp³-hybridized carbons (Fsp3) is 0.333. The summed E-state index contributed by atoms with van der Waals surface area (Å²) < 4.78 is 12.3. The van der Waals surface area contributed by atoms with Crippen molar-refractivity contribution in [3.63, 3.8) is 0 Å². The van der Waals surface area contributed by atoms with Gasteiger partial charge in [0.05, 0.1) is 26.5 Å². The predicted molar refractivity (Wildman–Crippen MR) is 121 cm³/mol. The summed E-state index contributed by atoms with van der Waals surface area (Å²) in [6.07, 6.45) is 4.94. The van der Waals surface area contributed by atoms with Crippen molar-refractivity contribution in [1.29, 1.82) is 0 Å². The average Bonchev–Trinajstić information content (AvgIpc) is 2.79. The van der Waals surface area contributed by atoms with Gasteiger partial charge in [0.25, 0.3) is 5.56 Å². The first-order valence-corrected chi connectivity index (χ1v) is 10.3. The van der Waals surface area contributed by atoms with Crippen LogP contribution in [0.15, 0.2) is 47.4 Å². The number of pyridine rings is 1. The number of hydrogen-bond donors (Lipinski definition) is 1. The van der Waals surface area contributed by atoms with Crippen LogP contribution in [-0.4, -0.2) is 59.9 Å². The summed E-state index contributed by atoms with van der Waals surface area (Å²) >= 11 is 0. The van der Waals surface area contributed by atoms with Crippen molar-refractivity contribution in [2.24, 2.45) is 0 Å². The molecule has 7 heteroatoms. The molecule has 0 saturated heterocycles. The van der Waals surface area contributed by atoms with Crippen LogP contribution >= 0.6 is 0 Å². The van der Waals surface area contributed by atoms with E-state index in [0.717, 1.165) is 36.2 Å².